The summed E-state index contributed by atoms with van der Waals surface area (Å²) < 4.78 is 0. The van der Waals surface area contributed by atoms with Crippen molar-refractivity contribution in [2.24, 2.45) is 5.92 Å². The molecule has 2 heteroatoms. The van der Waals surface area contributed by atoms with Crippen molar-refractivity contribution in [3.63, 3.8) is 0 Å². The number of benzene rings is 1. The van der Waals surface area contributed by atoms with Crippen LogP contribution in [0, 0.1) is 26.7 Å². The summed E-state index contributed by atoms with van der Waals surface area (Å²) in [5.41, 5.74) is 3.78. The summed E-state index contributed by atoms with van der Waals surface area (Å²) in [6.45, 7) is 9.50. The van der Waals surface area contributed by atoms with Gasteiger partial charge < -0.3 is 0 Å². The fourth-order valence-corrected chi connectivity index (χ4v) is 2.07. The minimum Gasteiger partial charge on any atom is -0.299 e. The van der Waals surface area contributed by atoms with E-state index < -0.39 is 0 Å². The van der Waals surface area contributed by atoms with E-state index in [2.05, 4.69) is 0 Å². The van der Waals surface area contributed by atoms with Gasteiger partial charge >= 0.3 is 0 Å². The number of rotatable bonds is 4. The van der Waals surface area contributed by atoms with Crippen molar-refractivity contribution < 1.29 is 9.59 Å². The van der Waals surface area contributed by atoms with E-state index in [0.29, 0.717) is 5.56 Å². The molecule has 2 nitrogen and oxygen atoms in total. The molecule has 0 saturated carbocycles. The minimum atomic E-state index is -0.0787. The highest BCUT2D eigenvalue weighted by Crippen LogP contribution is 2.19. The molecule has 92 valence electrons. The lowest BCUT2D eigenvalue weighted by Gasteiger charge is -2.10. The van der Waals surface area contributed by atoms with Crippen molar-refractivity contribution in [2.75, 3.05) is 0 Å². The second-order valence-corrected chi connectivity index (χ2v) is 4.99. The molecule has 1 rings (SSSR count). The van der Waals surface area contributed by atoms with Gasteiger partial charge in [0.15, 0.2) is 5.78 Å². The second-order valence-electron chi connectivity index (χ2n) is 4.99. The molecule has 0 amide bonds. The quantitative estimate of drug-likeness (QED) is 0.589. The Labute approximate surface area is 103 Å². The van der Waals surface area contributed by atoms with Crippen LogP contribution in [0.3, 0.4) is 0 Å². The maximum Gasteiger partial charge on any atom is 0.170 e. The van der Waals surface area contributed by atoms with Crippen LogP contribution >= 0.6 is 0 Å². The third-order valence-electron chi connectivity index (χ3n) is 2.93. The highest BCUT2D eigenvalue weighted by atomic mass is 16.1. The molecule has 0 bridgehead atoms. The Hall–Kier alpha value is -1.44. The van der Waals surface area contributed by atoms with Gasteiger partial charge in [-0.2, -0.15) is 0 Å². The van der Waals surface area contributed by atoms with Crippen molar-refractivity contribution in [2.45, 2.75) is 41.0 Å². The molecule has 0 aliphatic heterocycles. The van der Waals surface area contributed by atoms with E-state index in [-0.39, 0.29) is 23.9 Å². The maximum atomic E-state index is 12.1. The van der Waals surface area contributed by atoms with E-state index >= 15 is 0 Å². The maximum absolute atomic E-state index is 12.1. The van der Waals surface area contributed by atoms with Gasteiger partial charge in [0.25, 0.3) is 0 Å². The van der Waals surface area contributed by atoms with Gasteiger partial charge in [-0.15, -0.1) is 0 Å². The largest absolute Gasteiger partial charge is 0.299 e. The Morgan fingerprint density at radius 3 is 1.94 bits per heavy atom. The molecule has 1 aromatic rings. The van der Waals surface area contributed by atoms with Crippen LogP contribution in [-0.4, -0.2) is 11.6 Å². The lowest BCUT2D eigenvalue weighted by Crippen LogP contribution is -2.15. The van der Waals surface area contributed by atoms with Crippen LogP contribution in [0.25, 0.3) is 0 Å². The Kier molecular flexibility index (Phi) is 4.22. The minimum absolute atomic E-state index is 0.00868. The summed E-state index contributed by atoms with van der Waals surface area (Å²) in [5, 5.41) is 0. The lowest BCUT2D eigenvalue weighted by molar-refractivity contribution is -0.121. The molecule has 0 fully saturated rings. The van der Waals surface area contributed by atoms with E-state index in [1.165, 1.54) is 0 Å². The van der Waals surface area contributed by atoms with Gasteiger partial charge in [0.05, 0.1) is 6.42 Å². The number of hydrogen-bond acceptors (Lipinski definition) is 2. The Morgan fingerprint density at radius 2 is 1.53 bits per heavy atom. The fourth-order valence-electron chi connectivity index (χ4n) is 2.07. The van der Waals surface area contributed by atoms with Crippen LogP contribution in [0.5, 0.6) is 0 Å². The number of ketones is 2. The first kappa shape index (κ1) is 13.6. The van der Waals surface area contributed by atoms with E-state index in [1.807, 2.05) is 46.8 Å². The van der Waals surface area contributed by atoms with Gasteiger partial charge in [-0.25, -0.2) is 0 Å². The molecule has 0 spiro atoms. The fraction of sp³-hybridized carbons (Fsp3) is 0.467. The molecule has 0 radical (unpaired) electrons. The molecule has 0 aliphatic carbocycles. The van der Waals surface area contributed by atoms with Crippen molar-refractivity contribution in [3.05, 3.63) is 34.4 Å². The molecule has 1 aromatic carbocycles. The number of carbonyl (C=O) groups excluding carboxylic acids is 2. The summed E-state index contributed by atoms with van der Waals surface area (Å²) in [4.78, 5) is 23.7. The highest BCUT2D eigenvalue weighted by Gasteiger charge is 2.18. The average molecular weight is 232 g/mol. The van der Waals surface area contributed by atoms with Crippen molar-refractivity contribution in [3.8, 4) is 0 Å². The lowest BCUT2D eigenvalue weighted by atomic mass is 9.92. The summed E-state index contributed by atoms with van der Waals surface area (Å²) in [5.74, 6) is -0.127. The molecular formula is C15H20O2. The topological polar surface area (TPSA) is 34.1 Å². The van der Waals surface area contributed by atoms with Gasteiger partial charge in [-0.05, 0) is 31.9 Å². The van der Waals surface area contributed by atoms with Crippen LogP contribution in [0.4, 0.5) is 0 Å². The third kappa shape index (κ3) is 3.26. The second kappa shape index (κ2) is 5.26. The van der Waals surface area contributed by atoms with Gasteiger partial charge in [0.2, 0.25) is 0 Å². The van der Waals surface area contributed by atoms with Crippen molar-refractivity contribution in [1.82, 2.24) is 0 Å². The Bertz CT molecular complexity index is 433. The number of carbonyl (C=O) groups is 2. The van der Waals surface area contributed by atoms with Crippen molar-refractivity contribution >= 4 is 11.6 Å². The summed E-state index contributed by atoms with van der Waals surface area (Å²) in [6.07, 6.45) is 0.0163. The van der Waals surface area contributed by atoms with Gasteiger partial charge in [-0.3, -0.25) is 9.59 Å². The molecule has 0 N–H and O–H groups in total. The highest BCUT2D eigenvalue weighted by molar-refractivity contribution is 6.09. The average Bonchev–Trinajstić information content (AvgIpc) is 2.15. The molecule has 0 atom stereocenters. The van der Waals surface area contributed by atoms with Crippen LogP contribution in [0.1, 0.15) is 47.3 Å². The first-order chi connectivity index (χ1) is 7.82. The normalized spacial score (nSPS) is 10.7. The predicted octanol–water partition coefficient (Wildman–Crippen LogP) is 3.41. The van der Waals surface area contributed by atoms with Gasteiger partial charge in [-0.1, -0.05) is 31.5 Å². The van der Waals surface area contributed by atoms with Gasteiger partial charge in [0, 0.05) is 11.5 Å². The number of Topliss-reactive ketones (excluding diaryl/α,β-unsaturated/α-hetero) is 2. The molecule has 17 heavy (non-hydrogen) atoms. The van der Waals surface area contributed by atoms with Crippen LogP contribution in [0.2, 0.25) is 0 Å². The summed E-state index contributed by atoms with van der Waals surface area (Å²) in [7, 11) is 0. The summed E-state index contributed by atoms with van der Waals surface area (Å²) in [6, 6.07) is 3.97. The van der Waals surface area contributed by atoms with Crippen LogP contribution < -0.4 is 0 Å². The molecular weight excluding hydrogens is 212 g/mol. The zero-order valence-corrected chi connectivity index (χ0v) is 11.3. The molecule has 0 heterocycles. The number of aryl methyl sites for hydroxylation is 3. The standard InChI is InChI=1S/C15H20O2/c1-9(2)13(16)8-14(17)15-11(4)6-10(3)7-12(15)5/h6-7,9H,8H2,1-5H3. The Morgan fingerprint density at radius 1 is 1.06 bits per heavy atom. The molecule has 0 saturated heterocycles. The van der Waals surface area contributed by atoms with E-state index in [1.54, 1.807) is 0 Å². The smallest absolute Gasteiger partial charge is 0.170 e. The zero-order chi connectivity index (χ0) is 13.2. The first-order valence-electron chi connectivity index (χ1n) is 5.96. The monoisotopic (exact) mass is 232 g/mol. The molecule has 0 unspecified atom stereocenters. The van der Waals surface area contributed by atoms with Crippen molar-refractivity contribution in [1.29, 1.82) is 0 Å². The van der Waals surface area contributed by atoms with E-state index in [4.69, 9.17) is 0 Å². The van der Waals surface area contributed by atoms with Gasteiger partial charge in [0.1, 0.15) is 5.78 Å². The zero-order valence-electron chi connectivity index (χ0n) is 11.3. The predicted molar refractivity (Wildman–Crippen MR) is 69.4 cm³/mol. The molecule has 0 aliphatic rings. The first-order valence-corrected chi connectivity index (χ1v) is 5.96. The SMILES string of the molecule is Cc1cc(C)c(C(=O)CC(=O)C(C)C)c(C)c1. The van der Waals surface area contributed by atoms with Crippen LogP contribution in [0.15, 0.2) is 12.1 Å². The Balaban J connectivity index is 3.01. The van der Waals surface area contributed by atoms with Crippen LogP contribution in [-0.2, 0) is 4.79 Å². The van der Waals surface area contributed by atoms with E-state index in [0.717, 1.165) is 16.7 Å². The summed E-state index contributed by atoms with van der Waals surface area (Å²) >= 11 is 0. The third-order valence-corrected chi connectivity index (χ3v) is 2.93. The van der Waals surface area contributed by atoms with E-state index in [9.17, 15) is 9.59 Å². The molecule has 0 aromatic heterocycles. The number of hydrogen-bond donors (Lipinski definition) is 0.